The molecule has 1 rings (SSSR count). The average molecular weight is 237 g/mol. The predicted octanol–water partition coefficient (Wildman–Crippen LogP) is 3.14. The van der Waals surface area contributed by atoms with Gasteiger partial charge in [0.2, 0.25) is 0 Å². The summed E-state index contributed by atoms with van der Waals surface area (Å²) in [6.45, 7) is 4.35. The van der Waals surface area contributed by atoms with E-state index in [0.29, 0.717) is 5.92 Å². The molecule has 0 saturated carbocycles. The van der Waals surface area contributed by atoms with E-state index in [2.05, 4.69) is 13.8 Å². The molecule has 2 atom stereocenters. The Morgan fingerprint density at radius 2 is 1.94 bits per heavy atom. The highest BCUT2D eigenvalue weighted by atomic mass is 16.5. The summed E-state index contributed by atoms with van der Waals surface area (Å²) in [7, 11) is 3.31. The number of hydrogen-bond donors (Lipinski definition) is 1. The molecule has 1 aromatic carbocycles. The fraction of sp³-hybridized carbons (Fsp3) is 0.571. The van der Waals surface area contributed by atoms with Gasteiger partial charge in [-0.2, -0.15) is 0 Å². The average Bonchev–Trinajstić information content (AvgIpc) is 2.37. The largest absolute Gasteiger partial charge is 0.497 e. The molecule has 0 fully saturated rings. The van der Waals surface area contributed by atoms with Crippen LogP contribution < -0.4 is 15.2 Å². The molecule has 3 heteroatoms. The van der Waals surface area contributed by atoms with Crippen molar-refractivity contribution < 1.29 is 9.47 Å². The Morgan fingerprint density at radius 1 is 1.24 bits per heavy atom. The summed E-state index contributed by atoms with van der Waals surface area (Å²) in [4.78, 5) is 0. The van der Waals surface area contributed by atoms with Crippen molar-refractivity contribution in [1.82, 2.24) is 0 Å². The maximum absolute atomic E-state index is 6.27. The molecule has 3 nitrogen and oxygen atoms in total. The summed E-state index contributed by atoms with van der Waals surface area (Å²) in [5.74, 6) is 2.04. The van der Waals surface area contributed by atoms with E-state index in [1.165, 1.54) is 0 Å². The third-order valence-corrected chi connectivity index (χ3v) is 3.16. The minimum Gasteiger partial charge on any atom is -0.497 e. The summed E-state index contributed by atoms with van der Waals surface area (Å²) in [5.41, 5.74) is 7.32. The van der Waals surface area contributed by atoms with Gasteiger partial charge in [0.15, 0.2) is 0 Å². The van der Waals surface area contributed by atoms with Gasteiger partial charge < -0.3 is 15.2 Å². The molecule has 2 N–H and O–H groups in total. The van der Waals surface area contributed by atoms with Crippen molar-refractivity contribution in [1.29, 1.82) is 0 Å². The van der Waals surface area contributed by atoms with Crippen LogP contribution in [0.4, 0.5) is 0 Å². The van der Waals surface area contributed by atoms with Crippen LogP contribution in [0.15, 0.2) is 18.2 Å². The molecule has 1 aromatic rings. The van der Waals surface area contributed by atoms with Gasteiger partial charge in [0.25, 0.3) is 0 Å². The van der Waals surface area contributed by atoms with Gasteiger partial charge in [0.05, 0.1) is 14.2 Å². The second kappa shape index (κ2) is 6.50. The Morgan fingerprint density at radius 3 is 2.47 bits per heavy atom. The van der Waals surface area contributed by atoms with E-state index >= 15 is 0 Å². The number of ether oxygens (including phenoxy) is 2. The molecule has 17 heavy (non-hydrogen) atoms. The summed E-state index contributed by atoms with van der Waals surface area (Å²) >= 11 is 0. The topological polar surface area (TPSA) is 44.5 Å². The maximum Gasteiger partial charge on any atom is 0.127 e. The first-order valence-corrected chi connectivity index (χ1v) is 6.11. The highest BCUT2D eigenvalue weighted by Crippen LogP contribution is 2.33. The van der Waals surface area contributed by atoms with Gasteiger partial charge in [-0.05, 0) is 18.4 Å². The first kappa shape index (κ1) is 13.8. The van der Waals surface area contributed by atoms with Crippen molar-refractivity contribution in [2.45, 2.75) is 32.7 Å². The number of nitrogens with two attached hydrogens (primary N) is 1. The Bertz CT molecular complexity index is 352. The Labute approximate surface area is 104 Å². The molecule has 0 aromatic heterocycles. The first-order chi connectivity index (χ1) is 8.13. The SMILES string of the molecule is CCCC(C)C(N)c1ccc(OC)cc1OC. The minimum atomic E-state index is 0.0100. The minimum absolute atomic E-state index is 0.0100. The second-order valence-corrected chi connectivity index (χ2v) is 4.40. The highest BCUT2D eigenvalue weighted by Gasteiger charge is 2.18. The summed E-state index contributed by atoms with van der Waals surface area (Å²) in [5, 5.41) is 0. The van der Waals surface area contributed by atoms with Crippen LogP contribution in [-0.4, -0.2) is 14.2 Å². The fourth-order valence-corrected chi connectivity index (χ4v) is 2.04. The van der Waals surface area contributed by atoms with Gasteiger partial charge in [0.1, 0.15) is 11.5 Å². The molecule has 0 amide bonds. The van der Waals surface area contributed by atoms with Crippen LogP contribution in [0.1, 0.15) is 38.3 Å². The van der Waals surface area contributed by atoms with Crippen LogP contribution in [0, 0.1) is 5.92 Å². The summed E-state index contributed by atoms with van der Waals surface area (Å²) < 4.78 is 10.6. The van der Waals surface area contributed by atoms with Crippen LogP contribution >= 0.6 is 0 Å². The lowest BCUT2D eigenvalue weighted by atomic mass is 9.91. The van der Waals surface area contributed by atoms with Gasteiger partial charge in [-0.1, -0.05) is 26.3 Å². The standard InChI is InChI=1S/C14H23NO2/c1-5-6-10(2)14(15)12-8-7-11(16-3)9-13(12)17-4/h7-10,14H,5-6,15H2,1-4H3. The molecule has 0 aliphatic rings. The van der Waals surface area contributed by atoms with Gasteiger partial charge >= 0.3 is 0 Å². The molecule has 0 aliphatic carbocycles. The van der Waals surface area contributed by atoms with E-state index < -0.39 is 0 Å². The molecular formula is C14H23NO2. The van der Waals surface area contributed by atoms with Crippen molar-refractivity contribution >= 4 is 0 Å². The third-order valence-electron chi connectivity index (χ3n) is 3.16. The predicted molar refractivity (Wildman–Crippen MR) is 70.5 cm³/mol. The molecule has 0 aliphatic heterocycles. The van der Waals surface area contributed by atoms with Gasteiger partial charge in [-0.3, -0.25) is 0 Å². The number of benzene rings is 1. The normalized spacial score (nSPS) is 14.2. The van der Waals surface area contributed by atoms with E-state index in [1.54, 1.807) is 14.2 Å². The maximum atomic E-state index is 6.27. The lowest BCUT2D eigenvalue weighted by molar-refractivity contribution is 0.373. The van der Waals surface area contributed by atoms with Crippen LogP contribution in [0.25, 0.3) is 0 Å². The molecule has 2 unspecified atom stereocenters. The van der Waals surface area contributed by atoms with E-state index in [1.807, 2.05) is 18.2 Å². The van der Waals surface area contributed by atoms with Crippen molar-refractivity contribution in [2.75, 3.05) is 14.2 Å². The molecule has 0 radical (unpaired) electrons. The summed E-state index contributed by atoms with van der Waals surface area (Å²) in [6.07, 6.45) is 2.27. The van der Waals surface area contributed by atoms with Crippen LogP contribution in [0.5, 0.6) is 11.5 Å². The Kier molecular flexibility index (Phi) is 5.29. The second-order valence-electron chi connectivity index (χ2n) is 4.40. The number of rotatable bonds is 6. The van der Waals surface area contributed by atoms with Crippen molar-refractivity contribution in [3.63, 3.8) is 0 Å². The zero-order valence-electron chi connectivity index (χ0n) is 11.2. The number of methoxy groups -OCH3 is 2. The molecular weight excluding hydrogens is 214 g/mol. The zero-order chi connectivity index (χ0) is 12.8. The van der Waals surface area contributed by atoms with Crippen molar-refractivity contribution in [3.05, 3.63) is 23.8 Å². The van der Waals surface area contributed by atoms with Gasteiger partial charge in [0, 0.05) is 17.7 Å². The molecule has 0 heterocycles. The monoisotopic (exact) mass is 237 g/mol. The molecule has 0 spiro atoms. The first-order valence-electron chi connectivity index (χ1n) is 6.11. The molecule has 96 valence electrons. The lowest BCUT2D eigenvalue weighted by Crippen LogP contribution is -2.19. The zero-order valence-corrected chi connectivity index (χ0v) is 11.2. The third kappa shape index (κ3) is 3.37. The fourth-order valence-electron chi connectivity index (χ4n) is 2.04. The van der Waals surface area contributed by atoms with Crippen molar-refractivity contribution in [3.8, 4) is 11.5 Å². The smallest absolute Gasteiger partial charge is 0.127 e. The Balaban J connectivity index is 2.96. The highest BCUT2D eigenvalue weighted by molar-refractivity contribution is 5.42. The van der Waals surface area contributed by atoms with Crippen LogP contribution in [0.2, 0.25) is 0 Å². The van der Waals surface area contributed by atoms with Gasteiger partial charge in [-0.15, -0.1) is 0 Å². The Hall–Kier alpha value is -1.22. The van der Waals surface area contributed by atoms with Crippen LogP contribution in [0.3, 0.4) is 0 Å². The van der Waals surface area contributed by atoms with E-state index in [-0.39, 0.29) is 6.04 Å². The van der Waals surface area contributed by atoms with Crippen LogP contribution in [-0.2, 0) is 0 Å². The quantitative estimate of drug-likeness (QED) is 0.826. The lowest BCUT2D eigenvalue weighted by Gasteiger charge is -2.22. The van der Waals surface area contributed by atoms with E-state index in [4.69, 9.17) is 15.2 Å². The van der Waals surface area contributed by atoms with Gasteiger partial charge in [-0.25, -0.2) is 0 Å². The molecule has 0 bridgehead atoms. The van der Waals surface area contributed by atoms with E-state index in [9.17, 15) is 0 Å². The summed E-state index contributed by atoms with van der Waals surface area (Å²) in [6, 6.07) is 5.81. The number of hydrogen-bond acceptors (Lipinski definition) is 3. The molecule has 0 saturated heterocycles. The van der Waals surface area contributed by atoms with E-state index in [0.717, 1.165) is 29.9 Å². The van der Waals surface area contributed by atoms with Crippen molar-refractivity contribution in [2.24, 2.45) is 11.7 Å².